The summed E-state index contributed by atoms with van der Waals surface area (Å²) >= 11 is 0. The molecule has 2 fully saturated rings. The lowest BCUT2D eigenvalue weighted by molar-refractivity contribution is -0.143. The summed E-state index contributed by atoms with van der Waals surface area (Å²) in [6.07, 6.45) is 2.13. The number of hydrogen-bond donors (Lipinski definition) is 1. The summed E-state index contributed by atoms with van der Waals surface area (Å²) in [6, 6.07) is 11.9. The third-order valence-corrected chi connectivity index (χ3v) is 7.90. The molecule has 10 nitrogen and oxygen atoms in total. The van der Waals surface area contributed by atoms with E-state index in [1.165, 1.54) is 9.80 Å². The molecule has 0 aromatic heterocycles. The Kier molecular flexibility index (Phi) is 6.81. The van der Waals surface area contributed by atoms with Crippen molar-refractivity contribution < 1.29 is 33.7 Å². The van der Waals surface area contributed by atoms with Crippen LogP contribution in [0.5, 0.6) is 11.5 Å². The number of Topliss-reactive ketones (excluding diaryl/α,β-unsaturated/α-hetero) is 1. The van der Waals surface area contributed by atoms with Gasteiger partial charge >= 0.3 is 0 Å². The Morgan fingerprint density at radius 1 is 0.975 bits per heavy atom. The number of ether oxygens (including phenoxy) is 3. The first-order chi connectivity index (χ1) is 19.5. The molecule has 1 N–H and O–H groups in total. The maximum atomic E-state index is 14.4. The number of anilines is 1. The van der Waals surface area contributed by atoms with Crippen molar-refractivity contribution in [3.05, 3.63) is 71.8 Å². The molecule has 1 atom stereocenters. The second kappa shape index (κ2) is 10.4. The van der Waals surface area contributed by atoms with Crippen LogP contribution in [0.2, 0.25) is 0 Å². The number of nitrogens with zero attached hydrogens (tertiary/aromatic N) is 3. The Hall–Kier alpha value is -4.15. The van der Waals surface area contributed by atoms with Crippen molar-refractivity contribution in [2.24, 2.45) is 0 Å². The number of ketones is 1. The van der Waals surface area contributed by atoms with Gasteiger partial charge in [-0.3, -0.25) is 19.3 Å². The lowest BCUT2D eigenvalue weighted by Gasteiger charge is -2.35. The van der Waals surface area contributed by atoms with Crippen LogP contribution in [0.3, 0.4) is 0 Å². The van der Waals surface area contributed by atoms with Crippen molar-refractivity contribution in [1.29, 1.82) is 0 Å². The average Bonchev–Trinajstić information content (AvgIpc) is 3.36. The molecule has 4 aliphatic heterocycles. The summed E-state index contributed by atoms with van der Waals surface area (Å²) < 4.78 is 16.7. The Morgan fingerprint density at radius 3 is 2.50 bits per heavy atom. The van der Waals surface area contributed by atoms with E-state index in [-0.39, 0.29) is 24.2 Å². The summed E-state index contributed by atoms with van der Waals surface area (Å²) in [5.74, 6) is -1.70. The van der Waals surface area contributed by atoms with E-state index < -0.39 is 28.9 Å². The number of carbonyl (C=O) groups is 3. The number of benzene rings is 2. The van der Waals surface area contributed by atoms with Crippen molar-refractivity contribution >= 4 is 29.0 Å². The van der Waals surface area contributed by atoms with Gasteiger partial charge in [-0.15, -0.1) is 6.58 Å². The molecule has 6 rings (SSSR count). The van der Waals surface area contributed by atoms with Crippen LogP contribution in [-0.4, -0.2) is 91.7 Å². The molecule has 0 saturated carbocycles. The van der Waals surface area contributed by atoms with Crippen LogP contribution < -0.4 is 14.4 Å². The number of aliphatic hydroxyl groups is 1. The summed E-state index contributed by atoms with van der Waals surface area (Å²) in [5.41, 5.74) is -0.755. The second-order valence-electron chi connectivity index (χ2n) is 10.1. The fourth-order valence-corrected chi connectivity index (χ4v) is 6.09. The lowest BCUT2D eigenvalue weighted by Crippen LogP contribution is -2.52. The van der Waals surface area contributed by atoms with E-state index in [0.29, 0.717) is 62.1 Å². The molecule has 0 radical (unpaired) electrons. The maximum Gasteiger partial charge on any atom is 0.296 e. The zero-order valence-corrected chi connectivity index (χ0v) is 22.1. The largest absolute Gasteiger partial charge is 0.507 e. The number of likely N-dealkylation sites (tertiary alicyclic amines) is 1. The minimum Gasteiger partial charge on any atom is -0.507 e. The van der Waals surface area contributed by atoms with Gasteiger partial charge in [0.2, 0.25) is 0 Å². The van der Waals surface area contributed by atoms with Crippen molar-refractivity contribution in [3.8, 4) is 11.5 Å². The van der Waals surface area contributed by atoms with Gasteiger partial charge in [0.25, 0.3) is 17.6 Å². The number of aliphatic hydroxyl groups excluding tert-OH is 1. The van der Waals surface area contributed by atoms with Gasteiger partial charge in [-0.25, -0.2) is 0 Å². The summed E-state index contributed by atoms with van der Waals surface area (Å²) in [5, 5.41) is 11.7. The van der Waals surface area contributed by atoms with E-state index >= 15 is 0 Å². The molecule has 10 heteroatoms. The number of carbonyl (C=O) groups excluding carboxylic acids is 3. The van der Waals surface area contributed by atoms with Crippen molar-refractivity contribution in [2.75, 3.05) is 64.1 Å². The standard InChI is InChI=1S/C30H31N3O7/c1-2-10-32-22-7-4-3-6-21(22)30(29(32)37)25(26(34)20-8-9-23-24(19-20)40-18-17-39-23)27(35)28(36)33(30)12-5-11-31-13-15-38-16-14-31/h2-4,6-9,19,34H,1,5,10-18H2. The van der Waals surface area contributed by atoms with Gasteiger partial charge < -0.3 is 29.1 Å². The van der Waals surface area contributed by atoms with Gasteiger partial charge in [-0.2, -0.15) is 0 Å². The molecular formula is C30H31N3O7. The van der Waals surface area contributed by atoms with Gasteiger partial charge in [-0.05, 0) is 30.7 Å². The van der Waals surface area contributed by atoms with Crippen molar-refractivity contribution in [2.45, 2.75) is 12.0 Å². The van der Waals surface area contributed by atoms with E-state index in [2.05, 4.69) is 11.5 Å². The van der Waals surface area contributed by atoms with E-state index in [1.807, 2.05) is 0 Å². The fourth-order valence-electron chi connectivity index (χ4n) is 6.09. The Bertz CT molecular complexity index is 1410. The topological polar surface area (TPSA) is 109 Å². The quantitative estimate of drug-likeness (QED) is 0.244. The highest BCUT2D eigenvalue weighted by Gasteiger charge is 2.66. The Morgan fingerprint density at radius 2 is 1.73 bits per heavy atom. The molecule has 4 heterocycles. The SMILES string of the molecule is C=CCN1C(=O)C2(C(=C(O)c3ccc4c(c3)OCCO4)C(=O)C(=O)N2CCCN2CCOCC2)c2ccccc21. The maximum absolute atomic E-state index is 14.4. The first-order valence-electron chi connectivity index (χ1n) is 13.5. The third kappa shape index (κ3) is 3.98. The average molecular weight is 546 g/mol. The summed E-state index contributed by atoms with van der Waals surface area (Å²) in [6.45, 7) is 8.40. The molecule has 208 valence electrons. The lowest BCUT2D eigenvalue weighted by atomic mass is 9.81. The molecule has 2 amide bonds. The van der Waals surface area contributed by atoms with Gasteiger partial charge in [0.1, 0.15) is 19.0 Å². The zero-order valence-electron chi connectivity index (χ0n) is 22.1. The molecule has 2 aromatic carbocycles. The third-order valence-electron chi connectivity index (χ3n) is 7.90. The number of amides is 2. The van der Waals surface area contributed by atoms with Crippen LogP contribution in [0, 0.1) is 0 Å². The first kappa shape index (κ1) is 26.1. The van der Waals surface area contributed by atoms with Crippen LogP contribution in [0.4, 0.5) is 5.69 Å². The number of para-hydroxylation sites is 1. The van der Waals surface area contributed by atoms with E-state index in [1.54, 1.807) is 48.5 Å². The Labute approximate surface area is 232 Å². The number of rotatable bonds is 7. The predicted molar refractivity (Wildman–Crippen MR) is 146 cm³/mol. The molecular weight excluding hydrogens is 514 g/mol. The zero-order chi connectivity index (χ0) is 27.9. The Balaban J connectivity index is 1.49. The predicted octanol–water partition coefficient (Wildman–Crippen LogP) is 2.29. The van der Waals surface area contributed by atoms with Crippen LogP contribution >= 0.6 is 0 Å². The van der Waals surface area contributed by atoms with Crippen LogP contribution in [0.15, 0.2) is 60.7 Å². The molecule has 40 heavy (non-hydrogen) atoms. The highest BCUT2D eigenvalue weighted by Crippen LogP contribution is 2.53. The monoisotopic (exact) mass is 545 g/mol. The molecule has 0 aliphatic carbocycles. The molecule has 0 bridgehead atoms. The fraction of sp³-hybridized carbons (Fsp3) is 0.367. The second-order valence-corrected chi connectivity index (χ2v) is 10.1. The van der Waals surface area contributed by atoms with Gasteiger partial charge in [0.05, 0.1) is 24.5 Å². The van der Waals surface area contributed by atoms with Crippen LogP contribution in [0.25, 0.3) is 5.76 Å². The highest BCUT2D eigenvalue weighted by molar-refractivity contribution is 6.50. The van der Waals surface area contributed by atoms with Crippen LogP contribution in [-0.2, 0) is 24.7 Å². The van der Waals surface area contributed by atoms with Crippen LogP contribution in [0.1, 0.15) is 17.5 Å². The molecule has 4 aliphatic rings. The molecule has 1 spiro atoms. The van der Waals surface area contributed by atoms with Crippen molar-refractivity contribution in [1.82, 2.24) is 9.80 Å². The smallest absolute Gasteiger partial charge is 0.296 e. The highest BCUT2D eigenvalue weighted by atomic mass is 16.6. The first-order valence-corrected chi connectivity index (χ1v) is 13.5. The van der Waals surface area contributed by atoms with Gasteiger partial charge in [0.15, 0.2) is 17.0 Å². The molecule has 2 saturated heterocycles. The molecule has 1 unspecified atom stereocenters. The van der Waals surface area contributed by atoms with E-state index in [9.17, 15) is 19.5 Å². The normalized spacial score (nSPS) is 23.6. The summed E-state index contributed by atoms with van der Waals surface area (Å²) in [7, 11) is 0. The number of fused-ring (bicyclic) bond motifs is 3. The van der Waals surface area contributed by atoms with E-state index in [4.69, 9.17) is 14.2 Å². The minimum atomic E-state index is -1.81. The number of morpholine rings is 1. The van der Waals surface area contributed by atoms with Crippen molar-refractivity contribution in [3.63, 3.8) is 0 Å². The van der Waals surface area contributed by atoms with Gasteiger partial charge in [0, 0.05) is 43.9 Å². The number of hydrogen-bond acceptors (Lipinski definition) is 8. The van der Waals surface area contributed by atoms with Gasteiger partial charge in [-0.1, -0.05) is 24.3 Å². The molecule has 2 aromatic rings. The van der Waals surface area contributed by atoms with E-state index in [0.717, 1.165) is 13.1 Å². The summed E-state index contributed by atoms with van der Waals surface area (Å²) in [4.78, 5) is 47.0. The minimum absolute atomic E-state index is 0.155.